The molecule has 2 N–H and O–H groups in total. The van der Waals surface area contributed by atoms with Crippen molar-refractivity contribution in [1.29, 1.82) is 5.26 Å². The van der Waals surface area contributed by atoms with Crippen molar-refractivity contribution < 1.29 is 9.59 Å². The van der Waals surface area contributed by atoms with E-state index in [0.717, 1.165) is 48.7 Å². The Morgan fingerprint density at radius 3 is 2.93 bits per heavy atom. The quantitative estimate of drug-likeness (QED) is 0.818. The number of carbonyl (C=O) groups is 2. The van der Waals surface area contributed by atoms with E-state index in [1.807, 2.05) is 23.2 Å². The highest BCUT2D eigenvalue weighted by Gasteiger charge is 2.39. The first-order valence-electron chi connectivity index (χ1n) is 10.3. The minimum atomic E-state index is 0.0429. The summed E-state index contributed by atoms with van der Waals surface area (Å²) in [5.41, 5.74) is 3.04. The lowest BCUT2D eigenvalue weighted by Gasteiger charge is -2.34. The van der Waals surface area contributed by atoms with E-state index in [-0.39, 0.29) is 36.2 Å². The number of hydrogen-bond acceptors (Lipinski definition) is 4. The molecule has 1 saturated carbocycles. The Bertz CT molecular complexity index is 1060. The highest BCUT2D eigenvalue weighted by molar-refractivity contribution is 5.97. The van der Waals surface area contributed by atoms with Crippen molar-refractivity contribution in [3.8, 4) is 6.07 Å². The van der Waals surface area contributed by atoms with Gasteiger partial charge in [0, 0.05) is 36.4 Å². The first kappa shape index (κ1) is 17.9. The maximum Gasteiger partial charge on any atom is 0.228 e. The van der Waals surface area contributed by atoms with Crippen molar-refractivity contribution in [2.45, 2.75) is 57.0 Å². The van der Waals surface area contributed by atoms with Gasteiger partial charge in [0.15, 0.2) is 0 Å². The molecule has 1 aliphatic carbocycles. The third kappa shape index (κ3) is 3.29. The fourth-order valence-corrected chi connectivity index (χ4v) is 4.65. The van der Waals surface area contributed by atoms with Gasteiger partial charge in [-0.25, -0.2) is 4.98 Å². The van der Waals surface area contributed by atoms with Crippen molar-refractivity contribution in [3.63, 3.8) is 0 Å². The van der Waals surface area contributed by atoms with E-state index in [0.29, 0.717) is 12.2 Å². The monoisotopic (exact) mass is 389 g/mol. The Morgan fingerprint density at radius 1 is 1.31 bits per heavy atom. The van der Waals surface area contributed by atoms with Crippen LogP contribution in [0.15, 0.2) is 24.4 Å². The van der Waals surface area contributed by atoms with Gasteiger partial charge in [0.2, 0.25) is 11.8 Å². The summed E-state index contributed by atoms with van der Waals surface area (Å²) in [7, 11) is 0. The molecule has 2 atom stereocenters. The summed E-state index contributed by atoms with van der Waals surface area (Å²) >= 11 is 0. The van der Waals surface area contributed by atoms with Crippen LogP contribution in [0, 0.1) is 17.2 Å². The third-order valence-electron chi connectivity index (χ3n) is 6.21. The molecule has 2 amide bonds. The van der Waals surface area contributed by atoms with Gasteiger partial charge in [0.1, 0.15) is 11.5 Å². The molecule has 0 aromatic carbocycles. The molecule has 2 aromatic heterocycles. The first-order chi connectivity index (χ1) is 14.1. The second-order valence-corrected chi connectivity index (χ2v) is 8.21. The number of aromatic amines is 1. The number of fused-ring (bicyclic) bond motifs is 3. The van der Waals surface area contributed by atoms with Gasteiger partial charge in [-0.2, -0.15) is 5.26 Å². The number of nitrogens with one attached hydrogen (secondary N) is 2. The Morgan fingerprint density at radius 2 is 2.17 bits per heavy atom. The fraction of sp³-hybridized carbons (Fsp3) is 0.455. The van der Waals surface area contributed by atoms with Crippen molar-refractivity contribution >= 4 is 34.2 Å². The summed E-state index contributed by atoms with van der Waals surface area (Å²) in [6, 6.07) is 6.31. The topological polar surface area (TPSA) is 102 Å². The zero-order chi connectivity index (χ0) is 20.0. The minimum absolute atomic E-state index is 0.0429. The molecule has 2 bridgehead atoms. The molecule has 0 radical (unpaired) electrons. The molecule has 2 unspecified atom stereocenters. The van der Waals surface area contributed by atoms with Gasteiger partial charge < -0.3 is 15.2 Å². The van der Waals surface area contributed by atoms with Gasteiger partial charge in [-0.3, -0.25) is 9.59 Å². The molecule has 29 heavy (non-hydrogen) atoms. The Kier molecular flexibility index (Phi) is 4.35. The molecule has 2 fully saturated rings. The van der Waals surface area contributed by atoms with Crippen LogP contribution in [-0.2, 0) is 9.59 Å². The van der Waals surface area contributed by atoms with Gasteiger partial charge in [0.05, 0.1) is 12.1 Å². The van der Waals surface area contributed by atoms with Crippen LogP contribution in [-0.4, -0.2) is 38.8 Å². The molecular weight excluding hydrogens is 366 g/mol. The highest BCUT2D eigenvalue weighted by atomic mass is 16.2. The molecular formula is C22H23N5O2. The van der Waals surface area contributed by atoms with Crippen LogP contribution in [0.25, 0.3) is 16.6 Å². The van der Waals surface area contributed by atoms with Crippen LogP contribution in [0.5, 0.6) is 0 Å². The number of aromatic nitrogens is 2. The summed E-state index contributed by atoms with van der Waals surface area (Å²) in [6.07, 6.45) is 9.25. The Labute approximate surface area is 168 Å². The van der Waals surface area contributed by atoms with Crippen LogP contribution in [0.2, 0.25) is 0 Å². The van der Waals surface area contributed by atoms with E-state index < -0.39 is 0 Å². The van der Waals surface area contributed by atoms with Crippen LogP contribution < -0.4 is 5.32 Å². The fourth-order valence-electron chi connectivity index (χ4n) is 4.65. The second kappa shape index (κ2) is 7.03. The normalized spacial score (nSPS) is 23.0. The molecule has 3 aliphatic rings. The number of rotatable bonds is 5. The number of hydrogen-bond donors (Lipinski definition) is 2. The van der Waals surface area contributed by atoms with Gasteiger partial charge >= 0.3 is 0 Å². The number of carbonyl (C=O) groups excluding carboxylic acids is 2. The largest absolute Gasteiger partial charge is 0.346 e. The first-order valence-corrected chi connectivity index (χ1v) is 10.3. The summed E-state index contributed by atoms with van der Waals surface area (Å²) in [6.45, 7) is 0. The standard InChI is InChI=1S/C22H23N5O2/c23-8-1-2-20(28)27-15-5-6-16(27)11-14(10-15)18-12-19(26-22(29)13-3-4-13)25-21-17(18)7-9-24-21/h7,9-10,12-13,15-16H,1-6,11H2,(H2,24,25,26,29). The SMILES string of the molecule is N#CCCC(=O)N1C2C=C(c3cc(NC(=O)C4CC4)nc4[nH]ccc34)CC1CC2. The number of H-pyrrole nitrogens is 1. The molecule has 0 spiro atoms. The lowest BCUT2D eigenvalue weighted by Crippen LogP contribution is -2.42. The van der Waals surface area contributed by atoms with Crippen molar-refractivity contribution in [1.82, 2.24) is 14.9 Å². The molecule has 7 heteroatoms. The van der Waals surface area contributed by atoms with E-state index in [9.17, 15) is 9.59 Å². The van der Waals surface area contributed by atoms with E-state index in [1.165, 1.54) is 5.57 Å². The predicted octanol–water partition coefficient (Wildman–Crippen LogP) is 3.36. The zero-order valence-corrected chi connectivity index (χ0v) is 16.1. The van der Waals surface area contributed by atoms with Crippen molar-refractivity contribution in [3.05, 3.63) is 30.0 Å². The summed E-state index contributed by atoms with van der Waals surface area (Å²) in [5, 5.41) is 12.8. The van der Waals surface area contributed by atoms with Gasteiger partial charge in [0.25, 0.3) is 0 Å². The number of nitriles is 1. The number of amides is 2. The van der Waals surface area contributed by atoms with Crippen LogP contribution >= 0.6 is 0 Å². The smallest absolute Gasteiger partial charge is 0.228 e. The Hall–Kier alpha value is -3.14. The maximum atomic E-state index is 12.6. The molecule has 2 aliphatic heterocycles. The van der Waals surface area contributed by atoms with Crippen LogP contribution in [0.4, 0.5) is 5.82 Å². The molecule has 2 aromatic rings. The van der Waals surface area contributed by atoms with Crippen molar-refractivity contribution in [2.24, 2.45) is 5.92 Å². The van der Waals surface area contributed by atoms with Gasteiger partial charge in [-0.1, -0.05) is 6.08 Å². The number of pyridine rings is 1. The lowest BCUT2D eigenvalue weighted by atomic mass is 9.93. The predicted molar refractivity (Wildman–Crippen MR) is 109 cm³/mol. The molecule has 4 heterocycles. The zero-order valence-electron chi connectivity index (χ0n) is 16.1. The average Bonchev–Trinajstić information content (AvgIpc) is 3.41. The lowest BCUT2D eigenvalue weighted by molar-refractivity contribution is -0.133. The average molecular weight is 389 g/mol. The third-order valence-corrected chi connectivity index (χ3v) is 6.21. The number of nitrogens with zero attached hydrogens (tertiary/aromatic N) is 3. The van der Waals surface area contributed by atoms with E-state index in [1.54, 1.807) is 0 Å². The summed E-state index contributed by atoms with van der Waals surface area (Å²) < 4.78 is 0. The molecule has 7 nitrogen and oxygen atoms in total. The molecule has 148 valence electrons. The Balaban J connectivity index is 1.46. The minimum Gasteiger partial charge on any atom is -0.346 e. The second-order valence-electron chi connectivity index (χ2n) is 8.21. The highest BCUT2D eigenvalue weighted by Crippen LogP contribution is 2.41. The van der Waals surface area contributed by atoms with E-state index in [2.05, 4.69) is 27.4 Å². The number of anilines is 1. The van der Waals surface area contributed by atoms with Crippen LogP contribution in [0.1, 0.15) is 50.5 Å². The van der Waals surface area contributed by atoms with Gasteiger partial charge in [-0.15, -0.1) is 0 Å². The summed E-state index contributed by atoms with van der Waals surface area (Å²) in [4.78, 5) is 34.5. The van der Waals surface area contributed by atoms with Crippen LogP contribution in [0.3, 0.4) is 0 Å². The molecule has 1 saturated heterocycles. The maximum absolute atomic E-state index is 12.6. The summed E-state index contributed by atoms with van der Waals surface area (Å²) in [5.74, 6) is 0.819. The van der Waals surface area contributed by atoms with E-state index >= 15 is 0 Å². The molecule has 5 rings (SSSR count). The van der Waals surface area contributed by atoms with Gasteiger partial charge in [-0.05, 0) is 55.4 Å². The van der Waals surface area contributed by atoms with E-state index in [4.69, 9.17) is 5.26 Å². The van der Waals surface area contributed by atoms with Crippen molar-refractivity contribution in [2.75, 3.05) is 5.32 Å².